The minimum atomic E-state index is -0.715. The highest BCUT2D eigenvalue weighted by Gasteiger charge is 2.24. The molecular formula is C40H38O6. The summed E-state index contributed by atoms with van der Waals surface area (Å²) in [6.07, 6.45) is 1.94. The number of rotatable bonds is 9. The lowest BCUT2D eigenvalue weighted by Gasteiger charge is -2.21. The predicted molar refractivity (Wildman–Crippen MR) is 185 cm³/mol. The van der Waals surface area contributed by atoms with Gasteiger partial charge in [0, 0.05) is 21.5 Å². The van der Waals surface area contributed by atoms with Gasteiger partial charge in [-0.1, -0.05) is 111 Å². The van der Waals surface area contributed by atoms with Gasteiger partial charge in [-0.25, -0.2) is 9.59 Å². The van der Waals surface area contributed by atoms with Gasteiger partial charge < -0.3 is 18.9 Å². The van der Waals surface area contributed by atoms with E-state index in [1.807, 2.05) is 64.1 Å². The maximum Gasteiger partial charge on any atom is 0.513 e. The van der Waals surface area contributed by atoms with Crippen molar-refractivity contribution in [2.75, 3.05) is 13.2 Å². The SMILES string of the molecule is CCCCOC(=O)Oc1c2ccccc2c(-c2c3ccccc3c(OC(=O)OCCCC)c3cc(C)ccc23)c2ccc(C)cc12. The van der Waals surface area contributed by atoms with Gasteiger partial charge in [-0.2, -0.15) is 0 Å². The Morgan fingerprint density at radius 2 is 0.870 bits per heavy atom. The van der Waals surface area contributed by atoms with Crippen LogP contribution in [-0.4, -0.2) is 25.5 Å². The number of hydrogen-bond acceptors (Lipinski definition) is 6. The number of ether oxygens (including phenoxy) is 4. The second kappa shape index (κ2) is 13.5. The van der Waals surface area contributed by atoms with Crippen molar-refractivity contribution in [3.63, 3.8) is 0 Å². The number of unbranched alkanes of at least 4 members (excludes halogenated alkanes) is 2. The molecule has 0 heterocycles. The van der Waals surface area contributed by atoms with Crippen molar-refractivity contribution in [3.8, 4) is 22.6 Å². The number of fused-ring (bicyclic) bond motifs is 4. The molecule has 6 heteroatoms. The quantitative estimate of drug-likeness (QED) is 0.0698. The summed E-state index contributed by atoms with van der Waals surface area (Å²) in [5, 5.41) is 6.93. The number of carbonyl (C=O) groups is 2. The van der Waals surface area contributed by atoms with Gasteiger partial charge >= 0.3 is 12.3 Å². The Morgan fingerprint density at radius 1 is 0.500 bits per heavy atom. The second-order valence-corrected chi connectivity index (χ2v) is 11.7. The summed E-state index contributed by atoms with van der Waals surface area (Å²) in [6.45, 7) is 8.75. The normalized spacial score (nSPS) is 11.3. The smallest absolute Gasteiger partial charge is 0.434 e. The number of carbonyl (C=O) groups excluding carboxylic acids is 2. The predicted octanol–water partition coefficient (Wildman–Crippen LogP) is 11.2. The topological polar surface area (TPSA) is 71.1 Å². The summed E-state index contributed by atoms with van der Waals surface area (Å²) >= 11 is 0. The van der Waals surface area contributed by atoms with Crippen LogP contribution in [0, 0.1) is 13.8 Å². The van der Waals surface area contributed by atoms with Crippen molar-refractivity contribution >= 4 is 55.4 Å². The maximum absolute atomic E-state index is 12.9. The molecule has 0 aliphatic rings. The molecule has 0 saturated heterocycles. The van der Waals surface area contributed by atoms with Gasteiger partial charge in [0.15, 0.2) is 0 Å². The molecule has 6 nitrogen and oxygen atoms in total. The highest BCUT2D eigenvalue weighted by atomic mass is 16.7. The van der Waals surface area contributed by atoms with E-state index in [1.165, 1.54) is 0 Å². The Balaban J connectivity index is 1.66. The number of aryl methyl sites for hydroxylation is 2. The zero-order valence-electron chi connectivity index (χ0n) is 26.8. The Bertz CT molecular complexity index is 1940. The van der Waals surface area contributed by atoms with Crippen LogP contribution in [0.4, 0.5) is 9.59 Å². The molecule has 0 aromatic heterocycles. The molecule has 0 bridgehead atoms. The molecule has 0 fully saturated rings. The van der Waals surface area contributed by atoms with E-state index in [2.05, 4.69) is 48.5 Å². The van der Waals surface area contributed by atoms with Crippen LogP contribution in [0.25, 0.3) is 54.2 Å². The van der Waals surface area contributed by atoms with Gasteiger partial charge in [0.1, 0.15) is 11.5 Å². The highest BCUT2D eigenvalue weighted by molar-refractivity contribution is 6.27. The van der Waals surface area contributed by atoms with Crippen LogP contribution in [0.15, 0.2) is 84.9 Å². The zero-order valence-corrected chi connectivity index (χ0v) is 26.8. The lowest BCUT2D eigenvalue weighted by molar-refractivity contribution is 0.0977. The number of hydrogen-bond donors (Lipinski definition) is 0. The van der Waals surface area contributed by atoms with Crippen molar-refractivity contribution < 1.29 is 28.5 Å². The Hall–Kier alpha value is -5.10. The molecule has 6 aromatic rings. The van der Waals surface area contributed by atoms with E-state index in [1.54, 1.807) is 0 Å². The van der Waals surface area contributed by atoms with E-state index < -0.39 is 12.3 Å². The third kappa shape index (κ3) is 5.95. The first kappa shape index (κ1) is 30.9. The van der Waals surface area contributed by atoms with Crippen molar-refractivity contribution in [3.05, 3.63) is 96.1 Å². The van der Waals surface area contributed by atoms with Gasteiger partial charge in [-0.3, -0.25) is 0 Å². The molecule has 234 valence electrons. The minimum Gasteiger partial charge on any atom is -0.434 e. The van der Waals surface area contributed by atoms with Gasteiger partial charge in [-0.05, 0) is 71.5 Å². The first-order chi connectivity index (χ1) is 22.4. The molecule has 0 aliphatic heterocycles. The van der Waals surface area contributed by atoms with E-state index in [4.69, 9.17) is 18.9 Å². The molecule has 6 aromatic carbocycles. The van der Waals surface area contributed by atoms with Crippen LogP contribution < -0.4 is 9.47 Å². The molecule has 0 N–H and O–H groups in total. The van der Waals surface area contributed by atoms with E-state index in [0.29, 0.717) is 24.7 Å². The molecule has 0 aliphatic carbocycles. The third-order valence-corrected chi connectivity index (χ3v) is 8.32. The largest absolute Gasteiger partial charge is 0.513 e. The maximum atomic E-state index is 12.9. The Kier molecular flexibility index (Phi) is 9.06. The molecule has 0 spiro atoms. The lowest BCUT2D eigenvalue weighted by atomic mass is 9.85. The van der Waals surface area contributed by atoms with E-state index >= 15 is 0 Å². The van der Waals surface area contributed by atoms with Crippen LogP contribution in [0.5, 0.6) is 11.5 Å². The van der Waals surface area contributed by atoms with E-state index in [0.717, 1.165) is 91.0 Å². The first-order valence-corrected chi connectivity index (χ1v) is 16.0. The third-order valence-electron chi connectivity index (χ3n) is 8.32. The minimum absolute atomic E-state index is 0.306. The highest BCUT2D eigenvalue weighted by Crippen LogP contribution is 2.50. The van der Waals surface area contributed by atoms with Gasteiger partial charge in [0.05, 0.1) is 13.2 Å². The standard InChI is InChI=1S/C40H38O6/c1-5-7-21-43-39(41)45-37-31-15-11-9-13-27(31)35(29-19-17-25(3)23-33(29)37)36-28-14-10-12-16-32(28)38(46-40(42)44-22-8-6-2)34-24-26(4)18-20-30(34)36/h9-20,23-24H,5-8,21-22H2,1-4H3. The number of benzene rings is 6. The average molecular weight is 615 g/mol. The van der Waals surface area contributed by atoms with Crippen molar-refractivity contribution in [2.24, 2.45) is 0 Å². The van der Waals surface area contributed by atoms with Crippen molar-refractivity contribution in [1.29, 1.82) is 0 Å². The fourth-order valence-electron chi connectivity index (χ4n) is 6.09. The van der Waals surface area contributed by atoms with E-state index in [-0.39, 0.29) is 0 Å². The molecule has 0 atom stereocenters. The van der Waals surface area contributed by atoms with Crippen LogP contribution in [0.1, 0.15) is 50.7 Å². The van der Waals surface area contributed by atoms with Crippen LogP contribution in [0.2, 0.25) is 0 Å². The summed E-state index contributed by atoms with van der Waals surface area (Å²) < 4.78 is 22.8. The first-order valence-electron chi connectivity index (χ1n) is 16.0. The Morgan fingerprint density at radius 3 is 1.26 bits per heavy atom. The molecule has 0 amide bonds. The average Bonchev–Trinajstić information content (AvgIpc) is 3.06. The summed E-state index contributed by atoms with van der Waals surface area (Å²) in [5.41, 5.74) is 4.07. The van der Waals surface area contributed by atoms with Crippen molar-refractivity contribution in [1.82, 2.24) is 0 Å². The van der Waals surface area contributed by atoms with Gasteiger partial charge in [-0.15, -0.1) is 0 Å². The summed E-state index contributed by atoms with van der Waals surface area (Å²) in [5.74, 6) is 0.942. The van der Waals surface area contributed by atoms with E-state index in [9.17, 15) is 9.59 Å². The fraction of sp³-hybridized carbons (Fsp3) is 0.250. The summed E-state index contributed by atoms with van der Waals surface area (Å²) in [4.78, 5) is 25.8. The van der Waals surface area contributed by atoms with Gasteiger partial charge in [0.2, 0.25) is 0 Å². The van der Waals surface area contributed by atoms with Crippen molar-refractivity contribution in [2.45, 2.75) is 53.4 Å². The van der Waals surface area contributed by atoms with Gasteiger partial charge in [0.25, 0.3) is 0 Å². The van der Waals surface area contributed by atoms with Crippen LogP contribution in [0.3, 0.4) is 0 Å². The molecule has 6 rings (SSSR count). The molecule has 0 saturated carbocycles. The molecule has 0 radical (unpaired) electrons. The fourth-order valence-corrected chi connectivity index (χ4v) is 6.09. The Labute approximate surface area is 268 Å². The monoisotopic (exact) mass is 614 g/mol. The lowest BCUT2D eigenvalue weighted by Crippen LogP contribution is -2.12. The molecular weight excluding hydrogens is 576 g/mol. The second-order valence-electron chi connectivity index (χ2n) is 11.7. The molecule has 46 heavy (non-hydrogen) atoms. The molecule has 0 unspecified atom stereocenters. The summed E-state index contributed by atoms with van der Waals surface area (Å²) in [7, 11) is 0. The van der Waals surface area contributed by atoms with Crippen LogP contribution in [-0.2, 0) is 9.47 Å². The zero-order chi connectivity index (χ0) is 32.2. The van der Waals surface area contributed by atoms with Crippen LogP contribution >= 0.6 is 0 Å². The summed E-state index contributed by atoms with van der Waals surface area (Å²) in [6, 6.07) is 28.4.